The van der Waals surface area contributed by atoms with Gasteiger partial charge in [-0.2, -0.15) is 0 Å². The second-order valence-electron chi connectivity index (χ2n) is 4.63. The van der Waals surface area contributed by atoms with Crippen LogP contribution in [-0.4, -0.2) is 17.5 Å². The first-order chi connectivity index (χ1) is 10.8. The summed E-state index contributed by atoms with van der Waals surface area (Å²) >= 11 is 1.40. The van der Waals surface area contributed by atoms with Crippen molar-refractivity contribution in [1.82, 2.24) is 0 Å². The molecule has 0 heterocycles. The van der Waals surface area contributed by atoms with Crippen molar-refractivity contribution in [3.8, 4) is 5.75 Å². The van der Waals surface area contributed by atoms with E-state index in [9.17, 15) is 18.0 Å². The molecule has 2 rings (SSSR count). The van der Waals surface area contributed by atoms with E-state index in [-0.39, 0.29) is 16.9 Å². The molecule has 0 spiro atoms. The molecule has 1 atom stereocenters. The summed E-state index contributed by atoms with van der Waals surface area (Å²) in [4.78, 5) is 13.0. The summed E-state index contributed by atoms with van der Waals surface area (Å²) in [5, 5.41) is 2.31. The van der Waals surface area contributed by atoms with Crippen LogP contribution in [0.5, 0.6) is 5.75 Å². The molecule has 0 bridgehead atoms. The van der Waals surface area contributed by atoms with Gasteiger partial charge >= 0.3 is 6.36 Å². The summed E-state index contributed by atoms with van der Waals surface area (Å²) in [6.45, 7) is 1.76. The molecule has 7 heteroatoms. The Morgan fingerprint density at radius 2 is 1.70 bits per heavy atom. The lowest BCUT2D eigenvalue weighted by atomic mass is 10.3. The van der Waals surface area contributed by atoms with Crippen molar-refractivity contribution in [3.63, 3.8) is 0 Å². The smallest absolute Gasteiger partial charge is 0.406 e. The fraction of sp³-hybridized carbons (Fsp3) is 0.188. The fourth-order valence-electron chi connectivity index (χ4n) is 1.74. The zero-order valence-corrected chi connectivity index (χ0v) is 12.9. The SMILES string of the molecule is C[C@@H](Sc1ccccc1)C(=O)Nc1ccc(OC(F)(F)F)cc1. The first-order valence-corrected chi connectivity index (χ1v) is 7.60. The molecule has 0 aromatic heterocycles. The Balaban J connectivity index is 1.92. The molecule has 3 nitrogen and oxygen atoms in total. The molecule has 1 N–H and O–H groups in total. The van der Waals surface area contributed by atoms with E-state index in [0.717, 1.165) is 17.0 Å². The third-order valence-electron chi connectivity index (χ3n) is 2.78. The van der Waals surface area contributed by atoms with E-state index in [1.54, 1.807) is 6.92 Å². The monoisotopic (exact) mass is 341 g/mol. The second kappa shape index (κ2) is 7.41. The molecule has 0 aliphatic rings. The number of thioether (sulfide) groups is 1. The third kappa shape index (κ3) is 5.86. The van der Waals surface area contributed by atoms with E-state index in [2.05, 4.69) is 10.1 Å². The average molecular weight is 341 g/mol. The summed E-state index contributed by atoms with van der Waals surface area (Å²) < 4.78 is 40.0. The molecular weight excluding hydrogens is 327 g/mol. The topological polar surface area (TPSA) is 38.3 Å². The highest BCUT2D eigenvalue weighted by molar-refractivity contribution is 8.00. The van der Waals surface area contributed by atoms with E-state index in [1.165, 1.54) is 23.9 Å². The van der Waals surface area contributed by atoms with Gasteiger partial charge in [-0.3, -0.25) is 4.79 Å². The highest BCUT2D eigenvalue weighted by Crippen LogP contribution is 2.26. The number of hydrogen-bond donors (Lipinski definition) is 1. The predicted octanol–water partition coefficient (Wildman–Crippen LogP) is 4.70. The molecule has 2 aromatic carbocycles. The first kappa shape index (κ1) is 17.2. The van der Waals surface area contributed by atoms with Gasteiger partial charge in [-0.1, -0.05) is 18.2 Å². The number of amides is 1. The fourth-order valence-corrected chi connectivity index (χ4v) is 2.63. The van der Waals surface area contributed by atoms with Crippen LogP contribution in [-0.2, 0) is 4.79 Å². The standard InChI is InChI=1S/C16H14F3NO2S/c1-11(23-14-5-3-2-4-6-14)15(21)20-12-7-9-13(10-8-12)22-16(17,18)19/h2-11H,1H3,(H,20,21)/t11-/m1/s1. The lowest BCUT2D eigenvalue weighted by Crippen LogP contribution is -2.22. The van der Waals surface area contributed by atoms with Gasteiger partial charge in [0.05, 0.1) is 5.25 Å². The number of anilines is 1. The summed E-state index contributed by atoms with van der Waals surface area (Å²) in [7, 11) is 0. The zero-order chi connectivity index (χ0) is 16.9. The summed E-state index contributed by atoms with van der Waals surface area (Å²) in [5.41, 5.74) is 0.407. The summed E-state index contributed by atoms with van der Waals surface area (Å²) in [6.07, 6.45) is -4.73. The van der Waals surface area contributed by atoms with E-state index < -0.39 is 6.36 Å². The van der Waals surface area contributed by atoms with Crippen molar-refractivity contribution >= 4 is 23.4 Å². The van der Waals surface area contributed by atoms with E-state index in [0.29, 0.717) is 5.69 Å². The van der Waals surface area contributed by atoms with Crippen LogP contribution >= 0.6 is 11.8 Å². The molecule has 0 saturated heterocycles. The molecule has 0 radical (unpaired) electrons. The molecule has 0 aliphatic heterocycles. The van der Waals surface area contributed by atoms with E-state index in [1.807, 2.05) is 30.3 Å². The maximum atomic E-state index is 12.1. The van der Waals surface area contributed by atoms with E-state index in [4.69, 9.17) is 0 Å². The molecule has 23 heavy (non-hydrogen) atoms. The Morgan fingerprint density at radius 1 is 1.09 bits per heavy atom. The van der Waals surface area contributed by atoms with Crippen molar-refractivity contribution in [2.24, 2.45) is 0 Å². The minimum Gasteiger partial charge on any atom is -0.406 e. The minimum atomic E-state index is -4.73. The number of rotatable bonds is 5. The number of benzene rings is 2. The molecule has 0 saturated carbocycles. The highest BCUT2D eigenvalue weighted by atomic mass is 32.2. The molecule has 0 aliphatic carbocycles. The average Bonchev–Trinajstić information content (AvgIpc) is 2.48. The van der Waals surface area contributed by atoms with E-state index >= 15 is 0 Å². The van der Waals surface area contributed by atoms with Gasteiger partial charge in [-0.15, -0.1) is 24.9 Å². The number of carbonyl (C=O) groups excluding carboxylic acids is 1. The van der Waals surface area contributed by atoms with Crippen LogP contribution in [0, 0.1) is 0 Å². The number of alkyl halides is 3. The number of halogens is 3. The van der Waals surface area contributed by atoms with Gasteiger partial charge in [0.2, 0.25) is 5.91 Å². The maximum absolute atomic E-state index is 12.1. The van der Waals surface area contributed by atoms with Crippen LogP contribution in [0.2, 0.25) is 0 Å². The maximum Gasteiger partial charge on any atom is 0.573 e. The number of ether oxygens (including phenoxy) is 1. The first-order valence-electron chi connectivity index (χ1n) is 6.72. The lowest BCUT2D eigenvalue weighted by molar-refractivity contribution is -0.274. The van der Waals surface area contributed by atoms with Crippen LogP contribution in [0.15, 0.2) is 59.5 Å². The molecule has 122 valence electrons. The molecule has 0 unspecified atom stereocenters. The number of hydrogen-bond acceptors (Lipinski definition) is 3. The minimum absolute atomic E-state index is 0.233. The van der Waals surface area contributed by atoms with Crippen LogP contribution in [0.3, 0.4) is 0 Å². The lowest BCUT2D eigenvalue weighted by Gasteiger charge is -2.13. The Labute approximate surface area is 135 Å². The van der Waals surface area contributed by atoms with Gasteiger partial charge in [0.25, 0.3) is 0 Å². The Kier molecular flexibility index (Phi) is 5.54. The van der Waals surface area contributed by atoms with Crippen molar-refractivity contribution in [2.45, 2.75) is 23.4 Å². The summed E-state index contributed by atoms with van der Waals surface area (Å²) in [6, 6.07) is 14.5. The Bertz CT molecular complexity index is 645. The largest absolute Gasteiger partial charge is 0.573 e. The van der Waals surface area contributed by atoms with Gasteiger partial charge in [-0.05, 0) is 43.3 Å². The molecular formula is C16H14F3NO2S. The molecule has 0 fully saturated rings. The molecule has 2 aromatic rings. The predicted molar refractivity (Wildman–Crippen MR) is 83.5 cm³/mol. The quantitative estimate of drug-likeness (QED) is 0.801. The van der Waals surface area contributed by atoms with Crippen molar-refractivity contribution in [1.29, 1.82) is 0 Å². The molecule has 1 amide bonds. The van der Waals surface area contributed by atoms with Crippen LogP contribution < -0.4 is 10.1 Å². The van der Waals surface area contributed by atoms with Crippen molar-refractivity contribution in [3.05, 3.63) is 54.6 Å². The third-order valence-corrected chi connectivity index (χ3v) is 3.89. The van der Waals surface area contributed by atoms with Gasteiger partial charge in [-0.25, -0.2) is 0 Å². The second-order valence-corrected chi connectivity index (χ2v) is 6.05. The van der Waals surface area contributed by atoms with Gasteiger partial charge in [0.15, 0.2) is 0 Å². The highest BCUT2D eigenvalue weighted by Gasteiger charge is 2.31. The summed E-state index contributed by atoms with van der Waals surface area (Å²) in [5.74, 6) is -0.564. The van der Waals surface area contributed by atoms with Gasteiger partial charge in [0.1, 0.15) is 5.75 Å². The zero-order valence-electron chi connectivity index (χ0n) is 12.1. The Morgan fingerprint density at radius 3 is 2.26 bits per heavy atom. The van der Waals surface area contributed by atoms with Gasteiger partial charge in [0, 0.05) is 10.6 Å². The number of nitrogens with one attached hydrogen (secondary N) is 1. The van der Waals surface area contributed by atoms with Crippen molar-refractivity contribution in [2.75, 3.05) is 5.32 Å². The Hall–Kier alpha value is -2.15. The number of carbonyl (C=O) groups is 1. The van der Waals surface area contributed by atoms with Crippen molar-refractivity contribution < 1.29 is 22.7 Å². The van der Waals surface area contributed by atoms with Crippen LogP contribution in [0.1, 0.15) is 6.92 Å². The van der Waals surface area contributed by atoms with Crippen LogP contribution in [0.25, 0.3) is 0 Å². The normalized spacial score (nSPS) is 12.5. The van der Waals surface area contributed by atoms with Crippen LogP contribution in [0.4, 0.5) is 18.9 Å². The van der Waals surface area contributed by atoms with Gasteiger partial charge < -0.3 is 10.1 Å².